The second-order valence-corrected chi connectivity index (χ2v) is 6.24. The van der Waals surface area contributed by atoms with Gasteiger partial charge in [-0.1, -0.05) is 41.9 Å². The summed E-state index contributed by atoms with van der Waals surface area (Å²) in [6.45, 7) is 2.79. The molecule has 0 aliphatic carbocycles. The number of aryl methyl sites for hydroxylation is 1. The minimum atomic E-state index is 0.692. The minimum absolute atomic E-state index is 0.692. The van der Waals surface area contributed by atoms with E-state index in [1.807, 2.05) is 49.5 Å². The number of hydrogen-bond acceptors (Lipinski definition) is 3. The lowest BCUT2D eigenvalue weighted by atomic mass is 10.1. The van der Waals surface area contributed by atoms with Crippen LogP contribution in [0.1, 0.15) is 11.1 Å². The van der Waals surface area contributed by atoms with Gasteiger partial charge in [0, 0.05) is 48.3 Å². The Labute approximate surface area is 141 Å². The SMILES string of the molecule is Cc1cnc(N(C)C)c2cccc(NCc3ccccc3Cl)c12. The van der Waals surface area contributed by atoms with Gasteiger partial charge in [0.25, 0.3) is 0 Å². The predicted octanol–water partition coefficient (Wildman–Crippen LogP) is 4.87. The van der Waals surface area contributed by atoms with Gasteiger partial charge in [-0.3, -0.25) is 0 Å². The van der Waals surface area contributed by atoms with Crippen LogP contribution in [0.2, 0.25) is 5.02 Å². The van der Waals surface area contributed by atoms with Crippen molar-refractivity contribution in [1.82, 2.24) is 4.98 Å². The van der Waals surface area contributed by atoms with Crippen LogP contribution in [-0.4, -0.2) is 19.1 Å². The zero-order chi connectivity index (χ0) is 16.4. The molecule has 1 aromatic heterocycles. The maximum atomic E-state index is 6.25. The molecule has 1 N–H and O–H groups in total. The van der Waals surface area contributed by atoms with Crippen LogP contribution in [-0.2, 0) is 6.54 Å². The molecule has 0 aliphatic heterocycles. The van der Waals surface area contributed by atoms with Crippen molar-refractivity contribution >= 4 is 33.9 Å². The number of hydrogen-bond donors (Lipinski definition) is 1. The first-order valence-corrected chi connectivity index (χ1v) is 7.98. The lowest BCUT2D eigenvalue weighted by molar-refractivity contribution is 1.08. The Morgan fingerprint density at radius 1 is 1.09 bits per heavy atom. The van der Waals surface area contributed by atoms with E-state index in [2.05, 4.69) is 35.4 Å². The molecule has 2 aromatic carbocycles. The van der Waals surface area contributed by atoms with Gasteiger partial charge >= 0.3 is 0 Å². The number of rotatable bonds is 4. The highest BCUT2D eigenvalue weighted by molar-refractivity contribution is 6.31. The molecular weight excluding hydrogens is 306 g/mol. The normalized spacial score (nSPS) is 10.8. The molecule has 0 radical (unpaired) electrons. The summed E-state index contributed by atoms with van der Waals surface area (Å²) in [5.41, 5.74) is 3.35. The summed E-state index contributed by atoms with van der Waals surface area (Å²) >= 11 is 6.25. The fraction of sp³-hybridized carbons (Fsp3) is 0.211. The number of anilines is 2. The monoisotopic (exact) mass is 325 g/mol. The Hall–Kier alpha value is -2.26. The first-order chi connectivity index (χ1) is 11.1. The number of nitrogens with zero attached hydrogens (tertiary/aromatic N) is 2. The van der Waals surface area contributed by atoms with Gasteiger partial charge in [-0.25, -0.2) is 4.98 Å². The van der Waals surface area contributed by atoms with E-state index in [4.69, 9.17) is 11.6 Å². The van der Waals surface area contributed by atoms with Crippen molar-refractivity contribution in [3.63, 3.8) is 0 Å². The first-order valence-electron chi connectivity index (χ1n) is 7.61. The number of fused-ring (bicyclic) bond motifs is 1. The van der Waals surface area contributed by atoms with Crippen LogP contribution in [0.5, 0.6) is 0 Å². The van der Waals surface area contributed by atoms with Gasteiger partial charge < -0.3 is 10.2 Å². The fourth-order valence-corrected chi connectivity index (χ4v) is 2.99. The standard InChI is InChI=1S/C19H20ClN3/c1-13-11-22-19(23(2)3)15-8-6-10-17(18(13)15)21-12-14-7-4-5-9-16(14)20/h4-11,21H,12H2,1-3H3. The van der Waals surface area contributed by atoms with E-state index >= 15 is 0 Å². The van der Waals surface area contributed by atoms with Crippen molar-refractivity contribution in [3.05, 3.63) is 64.8 Å². The average Bonchev–Trinajstić information content (AvgIpc) is 2.54. The molecule has 118 valence electrons. The van der Waals surface area contributed by atoms with Gasteiger partial charge in [0.1, 0.15) is 5.82 Å². The number of aromatic nitrogens is 1. The van der Waals surface area contributed by atoms with Crippen LogP contribution in [0, 0.1) is 6.92 Å². The van der Waals surface area contributed by atoms with Crippen LogP contribution in [0.3, 0.4) is 0 Å². The molecule has 0 unspecified atom stereocenters. The summed E-state index contributed by atoms with van der Waals surface area (Å²) in [5.74, 6) is 0.979. The van der Waals surface area contributed by atoms with Crippen molar-refractivity contribution in [2.75, 3.05) is 24.3 Å². The third kappa shape index (κ3) is 3.10. The van der Waals surface area contributed by atoms with E-state index in [0.717, 1.165) is 33.0 Å². The largest absolute Gasteiger partial charge is 0.380 e. The second-order valence-electron chi connectivity index (χ2n) is 5.83. The highest BCUT2D eigenvalue weighted by Gasteiger charge is 2.10. The molecule has 3 rings (SSSR count). The van der Waals surface area contributed by atoms with Crippen LogP contribution in [0.25, 0.3) is 10.8 Å². The van der Waals surface area contributed by atoms with Crippen molar-refractivity contribution in [2.45, 2.75) is 13.5 Å². The van der Waals surface area contributed by atoms with Gasteiger partial charge in [0.05, 0.1) is 0 Å². The Bertz CT molecular complexity index is 843. The summed E-state index contributed by atoms with van der Waals surface area (Å²) < 4.78 is 0. The third-order valence-electron chi connectivity index (χ3n) is 3.93. The lowest BCUT2D eigenvalue weighted by Crippen LogP contribution is -2.11. The maximum absolute atomic E-state index is 6.25. The van der Waals surface area contributed by atoms with Crippen LogP contribution < -0.4 is 10.2 Å². The topological polar surface area (TPSA) is 28.2 Å². The lowest BCUT2D eigenvalue weighted by Gasteiger charge is -2.18. The zero-order valence-corrected chi connectivity index (χ0v) is 14.4. The quantitative estimate of drug-likeness (QED) is 0.741. The summed E-state index contributed by atoms with van der Waals surface area (Å²) in [6.07, 6.45) is 1.93. The Balaban J connectivity index is 2.01. The summed E-state index contributed by atoms with van der Waals surface area (Å²) in [6, 6.07) is 14.2. The minimum Gasteiger partial charge on any atom is -0.380 e. The van der Waals surface area contributed by atoms with E-state index in [1.54, 1.807) is 0 Å². The van der Waals surface area contributed by atoms with E-state index in [1.165, 1.54) is 5.39 Å². The number of benzene rings is 2. The van der Waals surface area contributed by atoms with Crippen molar-refractivity contribution in [2.24, 2.45) is 0 Å². The second kappa shape index (κ2) is 6.47. The maximum Gasteiger partial charge on any atom is 0.135 e. The molecule has 3 aromatic rings. The van der Waals surface area contributed by atoms with Gasteiger partial charge in [0.2, 0.25) is 0 Å². The van der Waals surface area contributed by atoms with Gasteiger partial charge in [0.15, 0.2) is 0 Å². The Kier molecular flexibility index (Phi) is 4.39. The molecule has 0 fully saturated rings. The average molecular weight is 326 g/mol. The van der Waals surface area contributed by atoms with Crippen molar-refractivity contribution in [1.29, 1.82) is 0 Å². The molecule has 0 aliphatic rings. The summed E-state index contributed by atoms with van der Waals surface area (Å²) in [4.78, 5) is 6.60. The van der Waals surface area contributed by atoms with Crippen molar-refractivity contribution in [3.8, 4) is 0 Å². The molecule has 1 heterocycles. The molecule has 0 atom stereocenters. The first kappa shape index (κ1) is 15.6. The number of pyridine rings is 1. The molecule has 0 bridgehead atoms. The molecule has 3 nitrogen and oxygen atoms in total. The number of halogens is 1. The van der Waals surface area contributed by atoms with Crippen LogP contribution in [0.4, 0.5) is 11.5 Å². The fourth-order valence-electron chi connectivity index (χ4n) is 2.79. The van der Waals surface area contributed by atoms with E-state index in [0.29, 0.717) is 6.54 Å². The highest BCUT2D eigenvalue weighted by Crippen LogP contribution is 2.32. The molecule has 0 saturated heterocycles. The molecule has 0 saturated carbocycles. The summed E-state index contributed by atoms with van der Waals surface area (Å²) in [5, 5.41) is 6.66. The van der Waals surface area contributed by atoms with Gasteiger partial charge in [-0.2, -0.15) is 0 Å². The third-order valence-corrected chi connectivity index (χ3v) is 4.30. The van der Waals surface area contributed by atoms with E-state index in [9.17, 15) is 0 Å². The van der Waals surface area contributed by atoms with Crippen LogP contribution >= 0.6 is 11.6 Å². The van der Waals surface area contributed by atoms with Gasteiger partial charge in [-0.05, 0) is 30.2 Å². The molecule has 23 heavy (non-hydrogen) atoms. The predicted molar refractivity (Wildman–Crippen MR) is 99.6 cm³/mol. The summed E-state index contributed by atoms with van der Waals surface area (Å²) in [7, 11) is 4.03. The Morgan fingerprint density at radius 3 is 2.61 bits per heavy atom. The van der Waals surface area contributed by atoms with E-state index < -0.39 is 0 Å². The zero-order valence-electron chi connectivity index (χ0n) is 13.6. The Morgan fingerprint density at radius 2 is 1.87 bits per heavy atom. The molecule has 0 spiro atoms. The van der Waals surface area contributed by atoms with Gasteiger partial charge in [-0.15, -0.1) is 0 Å². The molecular formula is C19H20ClN3. The number of nitrogens with one attached hydrogen (secondary N) is 1. The van der Waals surface area contributed by atoms with Crippen LogP contribution in [0.15, 0.2) is 48.7 Å². The smallest absolute Gasteiger partial charge is 0.135 e. The molecule has 4 heteroatoms. The molecule has 0 amide bonds. The van der Waals surface area contributed by atoms with E-state index in [-0.39, 0.29) is 0 Å². The highest BCUT2D eigenvalue weighted by atomic mass is 35.5. The van der Waals surface area contributed by atoms with Crippen molar-refractivity contribution < 1.29 is 0 Å².